The molecule has 3 rings (SSSR count). The number of aryl methyl sites for hydroxylation is 1. The summed E-state index contributed by atoms with van der Waals surface area (Å²) in [7, 11) is 0. The van der Waals surface area contributed by atoms with Gasteiger partial charge in [-0.05, 0) is 18.6 Å². The summed E-state index contributed by atoms with van der Waals surface area (Å²) in [5, 5.41) is 14.4. The Morgan fingerprint density at radius 1 is 1.25 bits per heavy atom. The van der Waals surface area contributed by atoms with E-state index in [4.69, 9.17) is 0 Å². The molecule has 0 bridgehead atoms. The van der Waals surface area contributed by atoms with Crippen molar-refractivity contribution < 1.29 is 5.11 Å². The fourth-order valence-corrected chi connectivity index (χ4v) is 2.26. The first-order valence-corrected chi connectivity index (χ1v) is 6.43. The molecule has 1 N–H and O–H groups in total. The Bertz CT molecular complexity index is 790. The first-order valence-electron chi connectivity index (χ1n) is 6.43. The smallest absolute Gasteiger partial charge is 0.276 e. The average molecular weight is 269 g/mol. The number of rotatable bonds is 3. The standard InChI is InChI=1S/C15H15N3O2/c1-11-9-13-15(20)17(7-8-18(13)16-11)10-14(19)12-5-3-2-4-6-12/h2-9,14,19H,10H2,1H3. The Morgan fingerprint density at radius 3 is 2.75 bits per heavy atom. The van der Waals surface area contributed by atoms with Crippen LogP contribution in [0.25, 0.3) is 5.52 Å². The summed E-state index contributed by atoms with van der Waals surface area (Å²) < 4.78 is 3.07. The molecule has 20 heavy (non-hydrogen) atoms. The van der Waals surface area contributed by atoms with E-state index in [1.54, 1.807) is 23.0 Å². The van der Waals surface area contributed by atoms with Crippen molar-refractivity contribution in [3.05, 3.63) is 70.4 Å². The molecule has 0 saturated heterocycles. The van der Waals surface area contributed by atoms with E-state index in [9.17, 15) is 9.90 Å². The molecule has 2 aromatic heterocycles. The Balaban J connectivity index is 1.95. The van der Waals surface area contributed by atoms with Gasteiger partial charge in [0.25, 0.3) is 5.56 Å². The van der Waals surface area contributed by atoms with Gasteiger partial charge in [-0.25, -0.2) is 4.52 Å². The second-order valence-electron chi connectivity index (χ2n) is 4.80. The maximum absolute atomic E-state index is 12.3. The maximum atomic E-state index is 12.3. The van der Waals surface area contributed by atoms with Gasteiger partial charge in [0.2, 0.25) is 0 Å². The molecular formula is C15H15N3O2. The van der Waals surface area contributed by atoms with Crippen molar-refractivity contribution in [3.8, 4) is 0 Å². The molecule has 0 aliphatic rings. The van der Waals surface area contributed by atoms with Crippen LogP contribution in [0, 0.1) is 6.92 Å². The molecule has 1 aromatic carbocycles. The van der Waals surface area contributed by atoms with E-state index in [0.717, 1.165) is 11.3 Å². The lowest BCUT2D eigenvalue weighted by Gasteiger charge is -2.13. The zero-order valence-electron chi connectivity index (χ0n) is 11.1. The zero-order valence-corrected chi connectivity index (χ0v) is 11.1. The van der Waals surface area contributed by atoms with Crippen LogP contribution >= 0.6 is 0 Å². The molecule has 5 heteroatoms. The zero-order chi connectivity index (χ0) is 14.1. The molecule has 0 saturated carbocycles. The number of aliphatic hydroxyl groups excluding tert-OH is 1. The SMILES string of the molecule is Cc1cc2c(=O)n(CC(O)c3ccccc3)ccn2n1. The molecule has 0 fully saturated rings. The number of nitrogens with zero attached hydrogens (tertiary/aromatic N) is 3. The molecule has 1 unspecified atom stereocenters. The van der Waals surface area contributed by atoms with Crippen LogP contribution in [-0.4, -0.2) is 19.3 Å². The van der Waals surface area contributed by atoms with Gasteiger partial charge >= 0.3 is 0 Å². The highest BCUT2D eigenvalue weighted by molar-refractivity contribution is 5.44. The van der Waals surface area contributed by atoms with E-state index in [1.165, 1.54) is 4.57 Å². The number of benzene rings is 1. The van der Waals surface area contributed by atoms with E-state index in [0.29, 0.717) is 5.52 Å². The number of hydrogen-bond acceptors (Lipinski definition) is 3. The molecule has 3 aromatic rings. The normalized spacial score (nSPS) is 12.7. The molecule has 0 spiro atoms. The van der Waals surface area contributed by atoms with Gasteiger partial charge in [-0.15, -0.1) is 0 Å². The molecule has 5 nitrogen and oxygen atoms in total. The lowest BCUT2D eigenvalue weighted by atomic mass is 10.1. The van der Waals surface area contributed by atoms with Crippen LogP contribution in [-0.2, 0) is 6.54 Å². The molecule has 102 valence electrons. The minimum absolute atomic E-state index is 0.150. The van der Waals surface area contributed by atoms with Crippen LogP contribution in [0.15, 0.2) is 53.6 Å². The minimum Gasteiger partial charge on any atom is -0.387 e. The highest BCUT2D eigenvalue weighted by atomic mass is 16.3. The van der Waals surface area contributed by atoms with Gasteiger partial charge in [-0.2, -0.15) is 5.10 Å². The van der Waals surface area contributed by atoms with Gasteiger partial charge in [0.15, 0.2) is 0 Å². The summed E-state index contributed by atoms with van der Waals surface area (Å²) in [6.45, 7) is 2.07. The van der Waals surface area contributed by atoms with Crippen molar-refractivity contribution in [2.24, 2.45) is 0 Å². The molecule has 0 aliphatic heterocycles. The fraction of sp³-hybridized carbons (Fsp3) is 0.200. The summed E-state index contributed by atoms with van der Waals surface area (Å²) >= 11 is 0. The van der Waals surface area contributed by atoms with Crippen LogP contribution in [0.5, 0.6) is 0 Å². The van der Waals surface area contributed by atoms with Gasteiger partial charge in [-0.1, -0.05) is 30.3 Å². The van der Waals surface area contributed by atoms with Gasteiger partial charge < -0.3 is 9.67 Å². The van der Waals surface area contributed by atoms with Crippen molar-refractivity contribution in [1.82, 2.24) is 14.2 Å². The number of fused-ring (bicyclic) bond motifs is 1. The summed E-state index contributed by atoms with van der Waals surface area (Å²) in [6.07, 6.45) is 2.66. The first kappa shape index (κ1) is 12.6. The topological polar surface area (TPSA) is 59.5 Å². The van der Waals surface area contributed by atoms with Gasteiger partial charge in [0.1, 0.15) is 5.52 Å². The Hall–Kier alpha value is -2.40. The fourth-order valence-electron chi connectivity index (χ4n) is 2.26. The summed E-state index contributed by atoms with van der Waals surface area (Å²) in [5.41, 5.74) is 1.96. The van der Waals surface area contributed by atoms with E-state index >= 15 is 0 Å². The van der Waals surface area contributed by atoms with E-state index in [-0.39, 0.29) is 12.1 Å². The van der Waals surface area contributed by atoms with Crippen molar-refractivity contribution >= 4 is 5.52 Å². The van der Waals surface area contributed by atoms with Gasteiger partial charge in [0, 0.05) is 12.4 Å². The van der Waals surface area contributed by atoms with Crippen LogP contribution < -0.4 is 5.56 Å². The van der Waals surface area contributed by atoms with Crippen molar-refractivity contribution in [3.63, 3.8) is 0 Å². The second kappa shape index (κ2) is 4.94. The molecule has 0 aliphatic carbocycles. The van der Waals surface area contributed by atoms with Crippen LogP contribution in [0.3, 0.4) is 0 Å². The van der Waals surface area contributed by atoms with Crippen molar-refractivity contribution in [1.29, 1.82) is 0 Å². The number of aromatic nitrogens is 3. The highest BCUT2D eigenvalue weighted by Gasteiger charge is 2.11. The van der Waals surface area contributed by atoms with Crippen LogP contribution in [0.1, 0.15) is 17.4 Å². The molecular weight excluding hydrogens is 254 g/mol. The third kappa shape index (κ3) is 2.23. The number of aliphatic hydroxyl groups is 1. The Morgan fingerprint density at radius 2 is 2.00 bits per heavy atom. The van der Waals surface area contributed by atoms with Crippen LogP contribution in [0.4, 0.5) is 0 Å². The van der Waals surface area contributed by atoms with E-state index < -0.39 is 6.10 Å². The number of hydrogen-bond donors (Lipinski definition) is 1. The second-order valence-corrected chi connectivity index (χ2v) is 4.80. The van der Waals surface area contributed by atoms with Crippen molar-refractivity contribution in [2.75, 3.05) is 0 Å². The molecule has 2 heterocycles. The maximum Gasteiger partial charge on any atom is 0.276 e. The van der Waals surface area contributed by atoms with E-state index in [2.05, 4.69) is 5.10 Å². The lowest BCUT2D eigenvalue weighted by molar-refractivity contribution is 0.155. The third-order valence-electron chi connectivity index (χ3n) is 3.28. The summed E-state index contributed by atoms with van der Waals surface area (Å²) in [6, 6.07) is 11.1. The van der Waals surface area contributed by atoms with Gasteiger partial charge in [-0.3, -0.25) is 4.79 Å². The predicted octanol–water partition coefficient (Wildman–Crippen LogP) is 1.54. The monoisotopic (exact) mass is 269 g/mol. The quantitative estimate of drug-likeness (QED) is 0.784. The van der Waals surface area contributed by atoms with E-state index in [1.807, 2.05) is 37.3 Å². The predicted molar refractivity (Wildman–Crippen MR) is 75.6 cm³/mol. The summed E-state index contributed by atoms with van der Waals surface area (Å²) in [5.74, 6) is 0. The molecule has 0 radical (unpaired) electrons. The Kier molecular flexibility index (Phi) is 3.12. The Labute approximate surface area is 115 Å². The van der Waals surface area contributed by atoms with Crippen molar-refractivity contribution in [2.45, 2.75) is 19.6 Å². The highest BCUT2D eigenvalue weighted by Crippen LogP contribution is 2.13. The summed E-state index contributed by atoms with van der Waals surface area (Å²) in [4.78, 5) is 12.3. The molecule has 0 amide bonds. The largest absolute Gasteiger partial charge is 0.387 e. The lowest BCUT2D eigenvalue weighted by Crippen LogP contribution is -2.24. The molecule has 1 atom stereocenters. The van der Waals surface area contributed by atoms with Gasteiger partial charge in [0.05, 0.1) is 18.3 Å². The third-order valence-corrected chi connectivity index (χ3v) is 3.28. The first-order chi connectivity index (χ1) is 9.65. The van der Waals surface area contributed by atoms with Crippen LogP contribution in [0.2, 0.25) is 0 Å². The minimum atomic E-state index is -0.708. The average Bonchev–Trinajstić information content (AvgIpc) is 2.84.